The van der Waals surface area contributed by atoms with Crippen molar-refractivity contribution in [2.24, 2.45) is 0 Å². The molecule has 0 radical (unpaired) electrons. The number of hydrogen-bond donors (Lipinski definition) is 1. The molecule has 0 saturated carbocycles. The quantitative estimate of drug-likeness (QED) is 0.357. The highest BCUT2D eigenvalue weighted by molar-refractivity contribution is 5.81. The number of nitrogens with one attached hydrogen (secondary N) is 1. The first kappa shape index (κ1) is 20.3. The van der Waals surface area contributed by atoms with Gasteiger partial charge in [0, 0.05) is 37.5 Å². The highest BCUT2D eigenvalue weighted by Crippen LogP contribution is 2.29. The first-order valence-electron chi connectivity index (χ1n) is 9.44. The third-order valence-electron chi connectivity index (χ3n) is 4.51. The molecule has 1 N–H and O–H groups in total. The summed E-state index contributed by atoms with van der Waals surface area (Å²) in [6.45, 7) is 1.36. The van der Waals surface area contributed by atoms with Gasteiger partial charge >= 0.3 is 5.88 Å². The van der Waals surface area contributed by atoms with Crippen LogP contribution in [-0.4, -0.2) is 26.5 Å². The van der Waals surface area contributed by atoms with Crippen molar-refractivity contribution in [2.45, 2.75) is 19.3 Å². The molecule has 158 valence electrons. The van der Waals surface area contributed by atoms with E-state index >= 15 is 0 Å². The Morgan fingerprint density at radius 3 is 2.61 bits per heavy atom. The van der Waals surface area contributed by atoms with Crippen molar-refractivity contribution in [3.63, 3.8) is 0 Å². The van der Waals surface area contributed by atoms with Gasteiger partial charge in [0.25, 0.3) is 5.92 Å². The summed E-state index contributed by atoms with van der Waals surface area (Å²) in [6.07, 6.45) is 6.27. The number of ether oxygens (including phenoxy) is 1. The van der Waals surface area contributed by atoms with Crippen LogP contribution in [0.1, 0.15) is 18.1 Å². The summed E-state index contributed by atoms with van der Waals surface area (Å²) in [6, 6.07) is 9.14. The summed E-state index contributed by atoms with van der Waals surface area (Å²) in [5.41, 5.74) is 1.83. The van der Waals surface area contributed by atoms with Gasteiger partial charge in [0.1, 0.15) is 17.6 Å². The van der Waals surface area contributed by atoms with E-state index in [1.807, 2.05) is 12.1 Å². The lowest BCUT2D eigenvalue weighted by molar-refractivity contribution is -0.611. The average molecular weight is 424 g/mol. The van der Waals surface area contributed by atoms with Crippen LogP contribution in [0.3, 0.4) is 0 Å². The Hall–Kier alpha value is -3.95. The van der Waals surface area contributed by atoms with Crippen molar-refractivity contribution in [3.05, 3.63) is 77.7 Å². The smallest absolute Gasteiger partial charge is 0.385 e. The second kappa shape index (κ2) is 8.42. The molecular formula is C21H18F2N6O2. The number of alkyl halides is 2. The van der Waals surface area contributed by atoms with Crippen molar-refractivity contribution in [1.82, 2.24) is 19.9 Å². The first-order valence-corrected chi connectivity index (χ1v) is 9.44. The number of anilines is 1. The molecule has 10 heteroatoms. The van der Waals surface area contributed by atoms with Gasteiger partial charge in [-0.15, -0.1) is 4.73 Å². The topological polar surface area (TPSA) is 99.8 Å². The Morgan fingerprint density at radius 1 is 1.06 bits per heavy atom. The fourth-order valence-corrected chi connectivity index (χ4v) is 2.91. The SMILES string of the molecule is CC(F)(F)c1cc[n+]([O-])c(Oc2ccc(CCNc3ncnc4nccnc34)cc2)c1. The van der Waals surface area contributed by atoms with Crippen LogP contribution >= 0.6 is 0 Å². The number of halogens is 2. The maximum Gasteiger partial charge on any atom is 0.385 e. The van der Waals surface area contributed by atoms with Crippen LogP contribution in [-0.2, 0) is 12.3 Å². The molecule has 1 aromatic carbocycles. The van der Waals surface area contributed by atoms with Gasteiger partial charge in [-0.2, -0.15) is 0 Å². The molecule has 0 amide bonds. The molecule has 0 saturated heterocycles. The van der Waals surface area contributed by atoms with Crippen molar-refractivity contribution in [1.29, 1.82) is 0 Å². The van der Waals surface area contributed by atoms with Gasteiger partial charge in [0.05, 0.1) is 6.07 Å². The fraction of sp³-hybridized carbons (Fsp3) is 0.190. The summed E-state index contributed by atoms with van der Waals surface area (Å²) in [5.74, 6) is -2.31. The molecule has 0 bridgehead atoms. The number of rotatable bonds is 7. The van der Waals surface area contributed by atoms with Crippen LogP contribution in [0.25, 0.3) is 11.2 Å². The number of aromatic nitrogens is 5. The molecule has 4 rings (SSSR count). The lowest BCUT2D eigenvalue weighted by Crippen LogP contribution is -2.28. The second-order valence-corrected chi connectivity index (χ2v) is 6.84. The molecule has 0 aliphatic carbocycles. The molecule has 4 aromatic rings. The van der Waals surface area contributed by atoms with Crippen molar-refractivity contribution < 1.29 is 18.2 Å². The molecule has 0 fully saturated rings. The lowest BCUT2D eigenvalue weighted by atomic mass is 10.1. The maximum atomic E-state index is 13.5. The van der Waals surface area contributed by atoms with Gasteiger partial charge in [-0.3, -0.25) is 0 Å². The van der Waals surface area contributed by atoms with Gasteiger partial charge in [0.15, 0.2) is 17.7 Å². The van der Waals surface area contributed by atoms with Crippen LogP contribution < -0.4 is 14.8 Å². The van der Waals surface area contributed by atoms with Gasteiger partial charge in [0.2, 0.25) is 0 Å². The van der Waals surface area contributed by atoms with E-state index in [-0.39, 0.29) is 11.4 Å². The van der Waals surface area contributed by atoms with Crippen LogP contribution in [0.5, 0.6) is 11.6 Å². The van der Waals surface area contributed by atoms with E-state index in [0.717, 1.165) is 30.8 Å². The minimum absolute atomic E-state index is 0.217. The predicted molar refractivity (Wildman–Crippen MR) is 109 cm³/mol. The zero-order valence-electron chi connectivity index (χ0n) is 16.5. The van der Waals surface area contributed by atoms with E-state index in [1.165, 1.54) is 6.33 Å². The van der Waals surface area contributed by atoms with E-state index < -0.39 is 5.92 Å². The highest BCUT2D eigenvalue weighted by atomic mass is 19.3. The molecule has 0 spiro atoms. The molecule has 0 atom stereocenters. The van der Waals surface area contributed by atoms with Crippen molar-refractivity contribution in [3.8, 4) is 11.6 Å². The summed E-state index contributed by atoms with van der Waals surface area (Å²) in [4.78, 5) is 16.7. The van der Waals surface area contributed by atoms with Crippen molar-refractivity contribution >= 4 is 17.0 Å². The zero-order chi connectivity index (χ0) is 21.8. The minimum Gasteiger partial charge on any atom is -0.616 e. The van der Waals surface area contributed by atoms with E-state index in [2.05, 4.69) is 25.3 Å². The van der Waals surface area contributed by atoms with Crippen LogP contribution in [0, 0.1) is 5.21 Å². The molecule has 31 heavy (non-hydrogen) atoms. The summed E-state index contributed by atoms with van der Waals surface area (Å²) >= 11 is 0. The molecule has 8 nitrogen and oxygen atoms in total. The van der Waals surface area contributed by atoms with Gasteiger partial charge in [-0.25, -0.2) is 28.7 Å². The standard InChI is InChI=1S/C21H18F2N6O2/c1-21(22,23)15-7-11-29(30)17(12-15)31-16-4-2-14(3-5-16)6-8-25-19-18-20(28-13-27-19)26-10-9-24-18/h2-5,7,9-13H,6,8H2,1H3,(H,25,26,27,28). The molecular weight excluding hydrogens is 406 g/mol. The van der Waals surface area contributed by atoms with E-state index in [9.17, 15) is 14.0 Å². The van der Waals surface area contributed by atoms with E-state index in [4.69, 9.17) is 4.74 Å². The summed E-state index contributed by atoms with van der Waals surface area (Å²) in [5, 5.41) is 15.1. The van der Waals surface area contributed by atoms with Gasteiger partial charge in [-0.1, -0.05) is 12.1 Å². The third kappa shape index (κ3) is 4.80. The zero-order valence-corrected chi connectivity index (χ0v) is 16.5. The number of benzene rings is 1. The largest absolute Gasteiger partial charge is 0.616 e. The van der Waals surface area contributed by atoms with Crippen molar-refractivity contribution in [2.75, 3.05) is 11.9 Å². The maximum absolute atomic E-state index is 13.5. The summed E-state index contributed by atoms with van der Waals surface area (Å²) < 4.78 is 32.9. The lowest BCUT2D eigenvalue weighted by Gasteiger charge is -2.12. The number of hydrogen-bond acceptors (Lipinski definition) is 7. The number of pyridine rings is 1. The predicted octanol–water partition coefficient (Wildman–Crippen LogP) is 3.61. The normalized spacial score (nSPS) is 11.5. The van der Waals surface area contributed by atoms with Gasteiger partial charge < -0.3 is 15.3 Å². The highest BCUT2D eigenvalue weighted by Gasteiger charge is 2.27. The molecule has 0 unspecified atom stereocenters. The monoisotopic (exact) mass is 424 g/mol. The Kier molecular flexibility index (Phi) is 5.52. The molecule has 0 aliphatic rings. The minimum atomic E-state index is -3.07. The Labute approximate surface area is 176 Å². The van der Waals surface area contributed by atoms with E-state index in [1.54, 1.807) is 24.5 Å². The average Bonchev–Trinajstić information content (AvgIpc) is 2.76. The molecule has 3 aromatic heterocycles. The molecule has 3 heterocycles. The van der Waals surface area contributed by atoms with Crippen LogP contribution in [0.4, 0.5) is 14.6 Å². The number of nitrogens with zero attached hydrogens (tertiary/aromatic N) is 5. The second-order valence-electron chi connectivity index (χ2n) is 6.84. The Bertz CT molecular complexity index is 1190. The van der Waals surface area contributed by atoms with Gasteiger partial charge in [-0.05, 0) is 24.1 Å². The molecule has 0 aliphatic heterocycles. The van der Waals surface area contributed by atoms with E-state index in [0.29, 0.717) is 40.4 Å². The third-order valence-corrected chi connectivity index (χ3v) is 4.51. The first-order chi connectivity index (χ1) is 14.9. The van der Waals surface area contributed by atoms with Crippen LogP contribution in [0.2, 0.25) is 0 Å². The number of fused-ring (bicyclic) bond motifs is 1. The van der Waals surface area contributed by atoms with Crippen LogP contribution in [0.15, 0.2) is 61.3 Å². The Balaban J connectivity index is 1.39. The summed E-state index contributed by atoms with van der Waals surface area (Å²) in [7, 11) is 0. The Morgan fingerprint density at radius 2 is 1.84 bits per heavy atom. The fourth-order valence-electron chi connectivity index (χ4n) is 2.91.